The molecule has 0 saturated heterocycles. The van der Waals surface area contributed by atoms with Crippen LogP contribution in [0.2, 0.25) is 0 Å². The Hall–Kier alpha value is -0.360. The summed E-state index contributed by atoms with van der Waals surface area (Å²) in [4.78, 5) is 0. The van der Waals surface area contributed by atoms with Crippen molar-refractivity contribution >= 4 is 10.8 Å². The first-order chi connectivity index (χ1) is 4.66. The molecule has 0 spiro atoms. The molecule has 0 fully saturated rings. The first kappa shape index (κ1) is 9.64. The molecule has 0 rings (SSSR count). The molecule has 0 aliphatic carbocycles. The first-order valence-corrected chi connectivity index (χ1v) is 4.87. The van der Waals surface area contributed by atoms with Gasteiger partial charge < -0.3 is 0 Å². The summed E-state index contributed by atoms with van der Waals surface area (Å²) in [5, 5.41) is 8.16. The number of nitrogens with zero attached hydrogens (tertiary/aromatic N) is 1. The standard InChI is InChI=1S/C7H13NOS/c1-7(2)3-5-10(9)6-4-8/h7H,3,5-6H2,1-2H3. The third kappa shape index (κ3) is 5.77. The Kier molecular flexibility index (Phi) is 5.23. The zero-order valence-electron chi connectivity index (χ0n) is 6.46. The van der Waals surface area contributed by atoms with E-state index in [1.54, 1.807) is 0 Å². The van der Waals surface area contributed by atoms with Crippen LogP contribution in [-0.4, -0.2) is 15.7 Å². The van der Waals surface area contributed by atoms with Gasteiger partial charge in [0.2, 0.25) is 0 Å². The molecule has 0 saturated carbocycles. The van der Waals surface area contributed by atoms with Crippen LogP contribution >= 0.6 is 0 Å². The average Bonchev–Trinajstić information content (AvgIpc) is 1.85. The van der Waals surface area contributed by atoms with E-state index in [1.807, 2.05) is 6.07 Å². The maximum Gasteiger partial charge on any atom is 0.111 e. The normalized spacial score (nSPS) is 13.0. The van der Waals surface area contributed by atoms with Crippen molar-refractivity contribution in [1.82, 2.24) is 0 Å². The SMILES string of the molecule is CC(C)CCS(=O)CC#N. The lowest BCUT2D eigenvalue weighted by Gasteiger charge is -2.00. The third-order valence-corrected chi connectivity index (χ3v) is 2.29. The van der Waals surface area contributed by atoms with Crippen LogP contribution < -0.4 is 0 Å². The van der Waals surface area contributed by atoms with E-state index in [1.165, 1.54) is 0 Å². The molecule has 0 N–H and O–H groups in total. The van der Waals surface area contributed by atoms with Crippen LogP contribution in [0.3, 0.4) is 0 Å². The van der Waals surface area contributed by atoms with E-state index in [9.17, 15) is 4.21 Å². The van der Waals surface area contributed by atoms with Crippen LogP contribution in [0.4, 0.5) is 0 Å². The molecule has 1 atom stereocenters. The molecule has 0 aromatic carbocycles. The van der Waals surface area contributed by atoms with Gasteiger partial charge in [-0.1, -0.05) is 13.8 Å². The highest BCUT2D eigenvalue weighted by Gasteiger charge is 1.99. The molecule has 0 aliphatic rings. The highest BCUT2D eigenvalue weighted by Crippen LogP contribution is 2.00. The maximum atomic E-state index is 10.8. The van der Waals surface area contributed by atoms with Gasteiger partial charge >= 0.3 is 0 Å². The van der Waals surface area contributed by atoms with Crippen LogP contribution in [0, 0.1) is 17.2 Å². The van der Waals surface area contributed by atoms with Crippen LogP contribution in [-0.2, 0) is 10.8 Å². The summed E-state index contributed by atoms with van der Waals surface area (Å²) >= 11 is 0. The van der Waals surface area contributed by atoms with Gasteiger partial charge in [-0.05, 0) is 12.3 Å². The maximum absolute atomic E-state index is 10.8. The summed E-state index contributed by atoms with van der Waals surface area (Å²) in [6.45, 7) is 4.17. The lowest BCUT2D eigenvalue weighted by molar-refractivity contribution is 0.620. The van der Waals surface area contributed by atoms with Crippen molar-refractivity contribution in [2.45, 2.75) is 20.3 Å². The van der Waals surface area contributed by atoms with E-state index < -0.39 is 10.8 Å². The highest BCUT2D eigenvalue weighted by atomic mass is 32.2. The zero-order valence-corrected chi connectivity index (χ0v) is 7.28. The minimum Gasteiger partial charge on any atom is -0.259 e. The highest BCUT2D eigenvalue weighted by molar-refractivity contribution is 7.85. The predicted octanol–water partition coefficient (Wildman–Crippen LogP) is 1.30. The van der Waals surface area contributed by atoms with Crippen molar-refractivity contribution in [1.29, 1.82) is 5.26 Å². The molecule has 3 heteroatoms. The molecule has 0 aromatic rings. The topological polar surface area (TPSA) is 40.9 Å². The number of hydrogen-bond donors (Lipinski definition) is 0. The zero-order chi connectivity index (χ0) is 7.98. The van der Waals surface area contributed by atoms with Crippen molar-refractivity contribution in [3.63, 3.8) is 0 Å². The largest absolute Gasteiger partial charge is 0.259 e. The second kappa shape index (κ2) is 5.43. The Balaban J connectivity index is 3.33. The first-order valence-electron chi connectivity index (χ1n) is 3.38. The summed E-state index contributed by atoms with van der Waals surface area (Å²) in [5.74, 6) is 1.44. The van der Waals surface area contributed by atoms with Gasteiger partial charge in [0, 0.05) is 16.6 Å². The van der Waals surface area contributed by atoms with E-state index >= 15 is 0 Å². The van der Waals surface area contributed by atoms with E-state index in [2.05, 4.69) is 13.8 Å². The van der Waals surface area contributed by atoms with Gasteiger partial charge in [-0.15, -0.1) is 0 Å². The summed E-state index contributed by atoms with van der Waals surface area (Å²) in [5.41, 5.74) is 0. The Bertz CT molecular complexity index is 148. The van der Waals surface area contributed by atoms with E-state index in [-0.39, 0.29) is 5.75 Å². The molecule has 0 aliphatic heterocycles. The summed E-state index contributed by atoms with van der Waals surface area (Å²) < 4.78 is 10.8. The predicted molar refractivity (Wildman–Crippen MR) is 42.9 cm³/mol. The van der Waals surface area contributed by atoms with Crippen LogP contribution in [0.1, 0.15) is 20.3 Å². The molecular formula is C7H13NOS. The van der Waals surface area contributed by atoms with Gasteiger partial charge in [-0.2, -0.15) is 5.26 Å². The molecule has 0 radical (unpaired) electrons. The Morgan fingerprint density at radius 1 is 1.60 bits per heavy atom. The lowest BCUT2D eigenvalue weighted by atomic mass is 10.2. The number of nitriles is 1. The van der Waals surface area contributed by atoms with Crippen LogP contribution in [0.15, 0.2) is 0 Å². The molecule has 10 heavy (non-hydrogen) atoms. The molecule has 2 nitrogen and oxygen atoms in total. The van der Waals surface area contributed by atoms with Crippen molar-refractivity contribution in [3.05, 3.63) is 0 Å². The fourth-order valence-electron chi connectivity index (χ4n) is 0.511. The molecule has 58 valence electrons. The van der Waals surface area contributed by atoms with Gasteiger partial charge in [0.05, 0.1) is 6.07 Å². The Labute approximate surface area is 64.7 Å². The van der Waals surface area contributed by atoms with Crippen molar-refractivity contribution in [3.8, 4) is 6.07 Å². The molecule has 1 unspecified atom stereocenters. The second-order valence-corrected chi connectivity index (χ2v) is 4.21. The fraction of sp³-hybridized carbons (Fsp3) is 0.857. The molecule has 0 bridgehead atoms. The van der Waals surface area contributed by atoms with Crippen LogP contribution in [0.25, 0.3) is 0 Å². The summed E-state index contributed by atoms with van der Waals surface area (Å²) in [6.07, 6.45) is 0.953. The van der Waals surface area contributed by atoms with Gasteiger partial charge in [0.15, 0.2) is 0 Å². The average molecular weight is 159 g/mol. The molecule has 0 heterocycles. The smallest absolute Gasteiger partial charge is 0.111 e. The van der Waals surface area contributed by atoms with Gasteiger partial charge in [0.25, 0.3) is 0 Å². The Morgan fingerprint density at radius 2 is 2.20 bits per heavy atom. The van der Waals surface area contributed by atoms with Crippen LogP contribution in [0.5, 0.6) is 0 Å². The van der Waals surface area contributed by atoms with E-state index in [4.69, 9.17) is 5.26 Å². The van der Waals surface area contributed by atoms with Gasteiger partial charge in [-0.3, -0.25) is 4.21 Å². The molecule has 0 amide bonds. The van der Waals surface area contributed by atoms with Crippen molar-refractivity contribution in [2.24, 2.45) is 5.92 Å². The summed E-state index contributed by atoms with van der Waals surface area (Å²) in [7, 11) is -0.902. The molecular weight excluding hydrogens is 146 g/mol. The minimum atomic E-state index is -0.902. The lowest BCUT2D eigenvalue weighted by Crippen LogP contribution is -2.03. The third-order valence-electron chi connectivity index (χ3n) is 1.15. The second-order valence-electron chi connectivity index (χ2n) is 2.63. The monoisotopic (exact) mass is 159 g/mol. The molecule has 0 aromatic heterocycles. The van der Waals surface area contributed by atoms with Gasteiger partial charge in [-0.25, -0.2) is 0 Å². The number of rotatable bonds is 4. The fourth-order valence-corrected chi connectivity index (χ4v) is 1.53. The Morgan fingerprint density at radius 3 is 2.60 bits per heavy atom. The van der Waals surface area contributed by atoms with Crippen molar-refractivity contribution in [2.75, 3.05) is 11.5 Å². The minimum absolute atomic E-state index is 0.187. The van der Waals surface area contributed by atoms with E-state index in [0.717, 1.165) is 6.42 Å². The number of hydrogen-bond acceptors (Lipinski definition) is 2. The summed E-state index contributed by atoms with van der Waals surface area (Å²) in [6, 6.07) is 1.89. The van der Waals surface area contributed by atoms with E-state index in [0.29, 0.717) is 11.7 Å². The van der Waals surface area contributed by atoms with Crippen molar-refractivity contribution < 1.29 is 4.21 Å². The quantitative estimate of drug-likeness (QED) is 0.620. The van der Waals surface area contributed by atoms with Gasteiger partial charge in [0.1, 0.15) is 5.75 Å².